The second-order valence-corrected chi connectivity index (χ2v) is 8.95. The zero-order valence-corrected chi connectivity index (χ0v) is 19.9. The highest BCUT2D eigenvalue weighted by Crippen LogP contribution is 2.32. The number of rotatable bonds is 7. The lowest BCUT2D eigenvalue weighted by atomic mass is 9.93. The van der Waals surface area contributed by atoms with Crippen LogP contribution < -0.4 is 10.2 Å². The highest BCUT2D eigenvalue weighted by molar-refractivity contribution is 6.46. The summed E-state index contributed by atoms with van der Waals surface area (Å²) in [4.78, 5) is 45.9. The molecule has 0 radical (unpaired) electrons. The number of imidazole rings is 1. The minimum absolute atomic E-state index is 0.0162. The van der Waals surface area contributed by atoms with Gasteiger partial charge in [-0.2, -0.15) is 0 Å². The van der Waals surface area contributed by atoms with Crippen molar-refractivity contribution >= 4 is 23.3 Å². The van der Waals surface area contributed by atoms with Gasteiger partial charge in [-0.15, -0.1) is 0 Å². The van der Waals surface area contributed by atoms with E-state index < -0.39 is 29.5 Å². The SMILES string of the molecule is Cc1ccccc1C(C(=O)NC1CCCCC1)N(C(=O)C(=O)c1nccn1C)c1cccc(F)c1. The van der Waals surface area contributed by atoms with E-state index in [4.69, 9.17) is 0 Å². The van der Waals surface area contributed by atoms with E-state index in [0.29, 0.717) is 5.56 Å². The lowest BCUT2D eigenvalue weighted by molar-refractivity contribution is -0.126. The largest absolute Gasteiger partial charge is 0.351 e. The molecule has 1 aliphatic rings. The van der Waals surface area contributed by atoms with Gasteiger partial charge in [0.2, 0.25) is 5.91 Å². The van der Waals surface area contributed by atoms with Gasteiger partial charge in [0.15, 0.2) is 5.82 Å². The normalized spacial score (nSPS) is 14.8. The molecule has 2 aromatic carbocycles. The van der Waals surface area contributed by atoms with Crippen molar-refractivity contribution in [3.63, 3.8) is 0 Å². The molecule has 35 heavy (non-hydrogen) atoms. The van der Waals surface area contributed by atoms with Gasteiger partial charge in [0.05, 0.1) is 0 Å². The average Bonchev–Trinajstić information content (AvgIpc) is 3.28. The number of hydrogen-bond acceptors (Lipinski definition) is 4. The van der Waals surface area contributed by atoms with Crippen LogP contribution in [0.25, 0.3) is 0 Å². The average molecular weight is 477 g/mol. The maximum atomic E-state index is 14.3. The van der Waals surface area contributed by atoms with Gasteiger partial charge in [-0.1, -0.05) is 49.6 Å². The molecule has 3 aromatic rings. The lowest BCUT2D eigenvalue weighted by Crippen LogP contribution is -2.49. The molecule has 0 aliphatic heterocycles. The Morgan fingerprint density at radius 3 is 2.49 bits per heavy atom. The van der Waals surface area contributed by atoms with E-state index in [1.165, 1.54) is 29.0 Å². The van der Waals surface area contributed by atoms with E-state index in [9.17, 15) is 18.8 Å². The monoisotopic (exact) mass is 476 g/mol. The molecule has 1 aliphatic carbocycles. The Bertz CT molecular complexity index is 1230. The molecule has 0 bridgehead atoms. The van der Waals surface area contributed by atoms with Crippen molar-refractivity contribution in [1.82, 2.24) is 14.9 Å². The van der Waals surface area contributed by atoms with Crippen LogP contribution >= 0.6 is 0 Å². The van der Waals surface area contributed by atoms with Gasteiger partial charge in [-0.25, -0.2) is 9.37 Å². The number of aromatic nitrogens is 2. The number of hydrogen-bond donors (Lipinski definition) is 1. The lowest BCUT2D eigenvalue weighted by Gasteiger charge is -2.33. The molecule has 1 N–H and O–H groups in total. The van der Waals surface area contributed by atoms with E-state index in [-0.39, 0.29) is 17.6 Å². The molecule has 1 heterocycles. The standard InChI is InChI=1S/C27H29FN4O3/c1-18-9-6-7-14-22(18)23(26(34)30-20-11-4-3-5-12-20)32(21-13-8-10-19(28)17-21)27(35)24(33)25-29-15-16-31(25)2/h6-10,13-17,20,23H,3-5,11-12H2,1-2H3,(H,30,34). The molecule has 182 valence electrons. The predicted octanol–water partition coefficient (Wildman–Crippen LogP) is 4.27. The third-order valence-corrected chi connectivity index (χ3v) is 6.46. The first-order chi connectivity index (χ1) is 16.9. The van der Waals surface area contributed by atoms with Gasteiger partial charge >= 0.3 is 5.91 Å². The molecule has 1 atom stereocenters. The smallest absolute Gasteiger partial charge is 0.303 e. The summed E-state index contributed by atoms with van der Waals surface area (Å²) in [6.07, 6.45) is 7.84. The van der Waals surface area contributed by atoms with E-state index in [0.717, 1.165) is 48.6 Å². The van der Waals surface area contributed by atoms with Crippen LogP contribution in [-0.4, -0.2) is 33.2 Å². The molecule has 7 nitrogen and oxygen atoms in total. The fraction of sp³-hybridized carbons (Fsp3) is 0.333. The number of aryl methyl sites for hydroxylation is 2. The Hall–Kier alpha value is -3.81. The maximum Gasteiger partial charge on any atom is 0.303 e. The van der Waals surface area contributed by atoms with Crippen molar-refractivity contribution in [2.75, 3.05) is 4.90 Å². The van der Waals surface area contributed by atoms with Crippen LogP contribution in [0.1, 0.15) is 59.9 Å². The molecular weight excluding hydrogens is 447 g/mol. The van der Waals surface area contributed by atoms with Crippen molar-refractivity contribution in [2.24, 2.45) is 7.05 Å². The molecule has 4 rings (SSSR count). The molecule has 1 saturated carbocycles. The van der Waals surface area contributed by atoms with Gasteiger partial charge in [-0.3, -0.25) is 19.3 Å². The van der Waals surface area contributed by atoms with E-state index in [1.54, 1.807) is 25.4 Å². The molecule has 1 aromatic heterocycles. The van der Waals surface area contributed by atoms with Crippen LogP contribution in [0.4, 0.5) is 10.1 Å². The van der Waals surface area contributed by atoms with Crippen molar-refractivity contribution in [1.29, 1.82) is 0 Å². The molecule has 1 fully saturated rings. The summed E-state index contributed by atoms with van der Waals surface area (Å²) in [5.41, 5.74) is 1.45. The summed E-state index contributed by atoms with van der Waals surface area (Å²) >= 11 is 0. The summed E-state index contributed by atoms with van der Waals surface area (Å²) < 4.78 is 15.7. The Balaban J connectivity index is 1.82. The number of halogens is 1. The quantitative estimate of drug-likeness (QED) is 0.408. The first-order valence-electron chi connectivity index (χ1n) is 11.8. The first-order valence-corrected chi connectivity index (χ1v) is 11.8. The van der Waals surface area contributed by atoms with Crippen LogP contribution in [-0.2, 0) is 16.6 Å². The number of benzene rings is 2. The number of carbonyl (C=O) groups excluding carboxylic acids is 3. The van der Waals surface area contributed by atoms with Crippen LogP contribution in [0.5, 0.6) is 0 Å². The minimum atomic E-state index is -1.17. The molecular formula is C27H29FN4O3. The number of amides is 2. The van der Waals surface area contributed by atoms with Crippen LogP contribution in [0.15, 0.2) is 60.9 Å². The van der Waals surface area contributed by atoms with E-state index in [1.807, 2.05) is 19.1 Å². The first kappa shape index (κ1) is 24.3. The number of ketones is 1. The Morgan fingerprint density at radius 2 is 1.83 bits per heavy atom. The summed E-state index contributed by atoms with van der Waals surface area (Å²) in [5, 5.41) is 3.09. The number of nitrogens with one attached hydrogen (secondary N) is 1. The van der Waals surface area contributed by atoms with Gasteiger partial charge in [0.1, 0.15) is 11.9 Å². The maximum absolute atomic E-state index is 14.3. The Labute approximate surface area is 204 Å². The molecule has 2 amide bonds. The van der Waals surface area contributed by atoms with Crippen molar-refractivity contribution < 1.29 is 18.8 Å². The zero-order valence-electron chi connectivity index (χ0n) is 19.9. The fourth-order valence-electron chi connectivity index (χ4n) is 4.62. The van der Waals surface area contributed by atoms with Crippen molar-refractivity contribution in [3.05, 3.63) is 83.7 Å². The third kappa shape index (κ3) is 5.31. The molecule has 8 heteroatoms. The highest BCUT2D eigenvalue weighted by atomic mass is 19.1. The van der Waals surface area contributed by atoms with Gasteiger partial charge in [-0.05, 0) is 49.1 Å². The van der Waals surface area contributed by atoms with E-state index in [2.05, 4.69) is 10.3 Å². The van der Waals surface area contributed by atoms with Crippen molar-refractivity contribution in [3.8, 4) is 0 Å². The fourth-order valence-corrected chi connectivity index (χ4v) is 4.62. The summed E-state index contributed by atoms with van der Waals surface area (Å²) in [5.74, 6) is -2.90. The molecule has 1 unspecified atom stereocenters. The van der Waals surface area contributed by atoms with E-state index >= 15 is 0 Å². The summed E-state index contributed by atoms with van der Waals surface area (Å²) in [6.45, 7) is 1.84. The Morgan fingerprint density at radius 1 is 1.09 bits per heavy atom. The molecule has 0 spiro atoms. The third-order valence-electron chi connectivity index (χ3n) is 6.46. The zero-order chi connectivity index (χ0) is 24.9. The van der Waals surface area contributed by atoms with Gasteiger partial charge in [0.25, 0.3) is 5.78 Å². The van der Waals surface area contributed by atoms with Crippen LogP contribution in [0, 0.1) is 12.7 Å². The number of carbonyl (C=O) groups is 3. The van der Waals surface area contributed by atoms with Crippen LogP contribution in [0.3, 0.4) is 0 Å². The van der Waals surface area contributed by atoms with Crippen LogP contribution in [0.2, 0.25) is 0 Å². The predicted molar refractivity (Wildman–Crippen MR) is 130 cm³/mol. The number of anilines is 1. The van der Waals surface area contributed by atoms with Gasteiger partial charge in [0, 0.05) is 31.2 Å². The second-order valence-electron chi connectivity index (χ2n) is 8.95. The summed E-state index contributed by atoms with van der Waals surface area (Å²) in [6, 6.07) is 11.4. The van der Waals surface area contributed by atoms with Crippen molar-refractivity contribution in [2.45, 2.75) is 51.1 Å². The van der Waals surface area contributed by atoms with Gasteiger partial charge < -0.3 is 9.88 Å². The highest BCUT2D eigenvalue weighted by Gasteiger charge is 2.38. The summed E-state index contributed by atoms with van der Waals surface area (Å²) in [7, 11) is 1.61. The molecule has 0 saturated heterocycles. The number of nitrogens with zero attached hydrogens (tertiary/aromatic N) is 3. The Kier molecular flexibility index (Phi) is 7.39. The second kappa shape index (κ2) is 10.6. The minimum Gasteiger partial charge on any atom is -0.351 e. The number of Topliss-reactive ketones (excluding diaryl/α,β-unsaturated/α-hetero) is 1. The topological polar surface area (TPSA) is 84.3 Å².